The van der Waals surface area contributed by atoms with Crippen LogP contribution < -0.4 is 4.74 Å². The Hall–Kier alpha value is -3.45. The number of hydrogen-bond donors (Lipinski definition) is 0. The molecule has 0 aliphatic carbocycles. The van der Waals surface area contributed by atoms with Crippen molar-refractivity contribution in [1.29, 1.82) is 0 Å². The van der Waals surface area contributed by atoms with E-state index in [9.17, 15) is 14.0 Å². The maximum Gasteiger partial charge on any atom is 0.289 e. The van der Waals surface area contributed by atoms with Crippen LogP contribution in [-0.4, -0.2) is 47.7 Å². The summed E-state index contributed by atoms with van der Waals surface area (Å²) in [5, 5.41) is 0. The third-order valence-corrected chi connectivity index (χ3v) is 5.49. The first-order valence-corrected chi connectivity index (χ1v) is 10.6. The van der Waals surface area contributed by atoms with E-state index in [1.807, 2.05) is 0 Å². The van der Waals surface area contributed by atoms with Gasteiger partial charge in [0, 0.05) is 38.3 Å². The zero-order chi connectivity index (χ0) is 22.5. The lowest BCUT2D eigenvalue weighted by Crippen LogP contribution is -2.48. The number of Topliss-reactive ketones (excluding diaryl/α,β-unsaturated/α-hetero) is 1. The molecule has 1 aliphatic rings. The summed E-state index contributed by atoms with van der Waals surface area (Å²) < 4.78 is 24.4. The Kier molecular flexibility index (Phi) is 6.66. The molecule has 0 bridgehead atoms. The van der Waals surface area contributed by atoms with Crippen LogP contribution in [0.2, 0.25) is 0 Å². The van der Waals surface area contributed by atoms with Gasteiger partial charge in [-0.1, -0.05) is 12.1 Å². The lowest BCUT2D eigenvalue weighted by atomic mass is 10.1. The van der Waals surface area contributed by atoms with Gasteiger partial charge in [-0.2, -0.15) is 0 Å². The molecular weight excluding hydrogens is 411 g/mol. The van der Waals surface area contributed by atoms with Crippen LogP contribution >= 0.6 is 0 Å². The minimum atomic E-state index is -0.238. The predicted octanol–water partition coefficient (Wildman–Crippen LogP) is 4.16. The Bertz CT molecular complexity index is 1070. The zero-order valence-corrected chi connectivity index (χ0v) is 17.9. The number of halogens is 1. The van der Waals surface area contributed by atoms with Gasteiger partial charge in [0.2, 0.25) is 0 Å². The number of carbonyl (C=O) groups is 2. The number of rotatable bonds is 7. The lowest BCUT2D eigenvalue weighted by molar-refractivity contribution is 0.0594. The van der Waals surface area contributed by atoms with Gasteiger partial charge in [0.15, 0.2) is 11.5 Å². The molecule has 0 saturated carbocycles. The van der Waals surface area contributed by atoms with Crippen LogP contribution in [0.15, 0.2) is 65.1 Å². The van der Waals surface area contributed by atoms with Gasteiger partial charge < -0.3 is 14.1 Å². The van der Waals surface area contributed by atoms with E-state index < -0.39 is 0 Å². The summed E-state index contributed by atoms with van der Waals surface area (Å²) in [4.78, 5) is 28.2. The van der Waals surface area contributed by atoms with E-state index in [1.165, 1.54) is 19.1 Å². The minimum absolute atomic E-state index is 0.00188. The Morgan fingerprint density at radius 3 is 2.28 bits per heavy atom. The van der Waals surface area contributed by atoms with Gasteiger partial charge >= 0.3 is 0 Å². The third kappa shape index (κ3) is 5.42. The molecule has 32 heavy (non-hydrogen) atoms. The van der Waals surface area contributed by atoms with E-state index >= 15 is 0 Å². The molecule has 1 saturated heterocycles. The Balaban J connectivity index is 1.26. The van der Waals surface area contributed by atoms with Crippen LogP contribution in [0.5, 0.6) is 5.75 Å². The van der Waals surface area contributed by atoms with Crippen LogP contribution in [0.25, 0.3) is 0 Å². The van der Waals surface area contributed by atoms with E-state index in [0.717, 1.165) is 25.2 Å². The van der Waals surface area contributed by atoms with Gasteiger partial charge in [0.1, 0.15) is 23.9 Å². The van der Waals surface area contributed by atoms with Crippen molar-refractivity contribution in [3.63, 3.8) is 0 Å². The van der Waals surface area contributed by atoms with Gasteiger partial charge in [-0.15, -0.1) is 0 Å². The van der Waals surface area contributed by atoms with E-state index in [1.54, 1.807) is 53.4 Å². The Labute approximate surface area is 186 Å². The molecule has 0 atom stereocenters. The highest BCUT2D eigenvalue weighted by Crippen LogP contribution is 2.18. The van der Waals surface area contributed by atoms with E-state index in [4.69, 9.17) is 9.15 Å². The molecule has 2 aromatic carbocycles. The predicted molar refractivity (Wildman–Crippen MR) is 117 cm³/mol. The maximum absolute atomic E-state index is 13.1. The number of nitrogens with zero attached hydrogens (tertiary/aromatic N) is 2. The second-order valence-electron chi connectivity index (χ2n) is 7.83. The molecule has 6 nitrogen and oxygen atoms in total. The van der Waals surface area contributed by atoms with Crippen molar-refractivity contribution in [3.05, 3.63) is 89.1 Å². The zero-order valence-electron chi connectivity index (χ0n) is 17.9. The van der Waals surface area contributed by atoms with Gasteiger partial charge in [-0.25, -0.2) is 4.39 Å². The molecule has 7 heteroatoms. The van der Waals surface area contributed by atoms with Crippen molar-refractivity contribution in [3.8, 4) is 5.75 Å². The number of carbonyl (C=O) groups excluding carboxylic acids is 2. The second-order valence-corrected chi connectivity index (χ2v) is 7.83. The lowest BCUT2D eigenvalue weighted by Gasteiger charge is -2.34. The number of furan rings is 1. The molecule has 0 radical (unpaired) electrons. The summed E-state index contributed by atoms with van der Waals surface area (Å²) >= 11 is 0. The maximum atomic E-state index is 13.1. The topological polar surface area (TPSA) is 63.0 Å². The van der Waals surface area contributed by atoms with Gasteiger partial charge in [0.25, 0.3) is 5.91 Å². The number of hydrogen-bond acceptors (Lipinski definition) is 5. The summed E-state index contributed by atoms with van der Waals surface area (Å²) in [7, 11) is 0. The summed E-state index contributed by atoms with van der Waals surface area (Å²) in [6.45, 7) is 5.15. The molecular formula is C25H25FN2O4. The SMILES string of the molecule is CC(=O)c1ccc(OCc2ccc(C(=O)N3CCN(Cc4ccc(F)cc4)CC3)o2)cc1. The van der Waals surface area contributed by atoms with Crippen molar-refractivity contribution < 1.29 is 23.1 Å². The van der Waals surface area contributed by atoms with Crippen molar-refractivity contribution in [2.24, 2.45) is 0 Å². The average molecular weight is 436 g/mol. The Morgan fingerprint density at radius 1 is 0.938 bits per heavy atom. The third-order valence-electron chi connectivity index (χ3n) is 5.49. The van der Waals surface area contributed by atoms with Crippen LogP contribution in [0.4, 0.5) is 4.39 Å². The molecule has 1 aliphatic heterocycles. The smallest absolute Gasteiger partial charge is 0.289 e. The Morgan fingerprint density at radius 2 is 1.62 bits per heavy atom. The number of benzene rings is 2. The summed E-state index contributed by atoms with van der Waals surface area (Å²) in [6, 6.07) is 16.8. The molecule has 0 unspecified atom stereocenters. The fraction of sp³-hybridized carbons (Fsp3) is 0.280. The molecule has 1 fully saturated rings. The van der Waals surface area contributed by atoms with Crippen LogP contribution in [-0.2, 0) is 13.2 Å². The van der Waals surface area contributed by atoms with Crippen molar-refractivity contribution in [2.75, 3.05) is 26.2 Å². The van der Waals surface area contributed by atoms with E-state index in [-0.39, 0.29) is 24.1 Å². The van der Waals surface area contributed by atoms with Crippen molar-refractivity contribution in [2.45, 2.75) is 20.1 Å². The minimum Gasteiger partial charge on any atom is -0.486 e. The van der Waals surface area contributed by atoms with Crippen LogP contribution in [0, 0.1) is 5.82 Å². The molecule has 0 N–H and O–H groups in total. The van der Waals surface area contributed by atoms with Crippen molar-refractivity contribution in [1.82, 2.24) is 9.80 Å². The van der Waals surface area contributed by atoms with Crippen LogP contribution in [0.3, 0.4) is 0 Å². The normalized spacial score (nSPS) is 14.4. The van der Waals surface area contributed by atoms with Gasteiger partial charge in [-0.3, -0.25) is 14.5 Å². The molecule has 0 spiro atoms. The molecule has 1 aromatic heterocycles. The summed E-state index contributed by atoms with van der Waals surface area (Å²) in [5.41, 5.74) is 1.68. The van der Waals surface area contributed by atoms with E-state index in [2.05, 4.69) is 4.90 Å². The number of ketones is 1. The quantitative estimate of drug-likeness (QED) is 0.521. The first kappa shape index (κ1) is 21.8. The molecule has 3 aromatic rings. The fourth-order valence-electron chi connectivity index (χ4n) is 3.62. The second kappa shape index (κ2) is 9.78. The molecule has 2 heterocycles. The van der Waals surface area contributed by atoms with Gasteiger partial charge in [-0.05, 0) is 61.0 Å². The highest BCUT2D eigenvalue weighted by molar-refractivity contribution is 5.94. The first-order chi connectivity index (χ1) is 15.5. The fourth-order valence-corrected chi connectivity index (χ4v) is 3.62. The first-order valence-electron chi connectivity index (χ1n) is 10.6. The number of ether oxygens (including phenoxy) is 1. The van der Waals surface area contributed by atoms with Crippen LogP contribution in [0.1, 0.15) is 39.2 Å². The highest BCUT2D eigenvalue weighted by atomic mass is 19.1. The summed E-state index contributed by atoms with van der Waals surface area (Å²) in [6.07, 6.45) is 0. The summed E-state index contributed by atoms with van der Waals surface area (Å²) in [5.74, 6) is 1.10. The molecule has 1 amide bonds. The largest absolute Gasteiger partial charge is 0.486 e. The number of piperazine rings is 1. The van der Waals surface area contributed by atoms with Crippen molar-refractivity contribution >= 4 is 11.7 Å². The highest BCUT2D eigenvalue weighted by Gasteiger charge is 2.24. The molecule has 4 rings (SSSR count). The molecule has 166 valence electrons. The standard InChI is InChI=1S/C25H25FN2O4/c1-18(29)20-4-8-22(9-5-20)31-17-23-10-11-24(32-23)25(30)28-14-12-27(13-15-28)16-19-2-6-21(26)7-3-19/h2-11H,12-17H2,1H3. The monoisotopic (exact) mass is 436 g/mol. The van der Waals surface area contributed by atoms with E-state index in [0.29, 0.717) is 35.9 Å². The number of amides is 1. The average Bonchev–Trinajstić information content (AvgIpc) is 3.29. The van der Waals surface area contributed by atoms with Gasteiger partial charge in [0.05, 0.1) is 0 Å².